The lowest BCUT2D eigenvalue weighted by molar-refractivity contribution is 0.0523. The SMILES string of the molecule is CC(C)C1CCOCC1.CC(C)CC1CCCO1.CC(C)CCCCCO.CC(C)CCCCO.CC(C)CCO.COCCC(C)C. The minimum Gasteiger partial charge on any atom is -0.396 e. The van der Waals surface area contributed by atoms with E-state index in [2.05, 4.69) is 83.1 Å². The predicted molar refractivity (Wildman–Crippen MR) is 211 cm³/mol. The molecule has 0 radical (unpaired) electrons. The van der Waals surface area contributed by atoms with Crippen molar-refractivity contribution < 1.29 is 29.5 Å². The van der Waals surface area contributed by atoms with Gasteiger partial charge in [0.05, 0.1) is 6.10 Å². The molecule has 0 aromatic carbocycles. The van der Waals surface area contributed by atoms with Gasteiger partial charge in [-0.1, -0.05) is 115 Å². The van der Waals surface area contributed by atoms with Crippen LogP contribution in [0, 0.1) is 41.4 Å². The maximum atomic E-state index is 8.43. The summed E-state index contributed by atoms with van der Waals surface area (Å²) in [4.78, 5) is 0. The predicted octanol–water partition coefficient (Wildman–Crippen LogP) is 11.0. The van der Waals surface area contributed by atoms with Gasteiger partial charge in [-0.05, 0) is 99.2 Å². The average Bonchev–Trinajstić information content (AvgIpc) is 3.53. The molecule has 6 nitrogen and oxygen atoms in total. The van der Waals surface area contributed by atoms with Gasteiger partial charge in [0.1, 0.15) is 0 Å². The number of rotatable bonds is 17. The van der Waals surface area contributed by atoms with Crippen molar-refractivity contribution in [3.63, 3.8) is 0 Å². The number of aliphatic hydroxyl groups is 3. The molecule has 2 saturated heterocycles. The molecule has 2 fully saturated rings. The standard InChI is InChI=1S/2C8H16O.C8H18O.C7H16O.C6H14O.C5H12O/c1-7(2)8-3-5-9-6-4-8;1-7(2)6-8-4-3-5-9-8;1-8(2)6-4-3-5-7-9;1-7(2)5-3-4-6-8;1-6(2)4-5-7-3;1-5(2)3-4-6/h2*7-8H,3-6H2,1-2H3;8-9H,3-7H2,1-2H3;7-8H,3-6H2,1-2H3;6H,4-5H2,1-3H3;5-6H,3-4H2,1-2H3. The molecule has 0 bridgehead atoms. The smallest absolute Gasteiger partial charge is 0.0578 e. The summed E-state index contributed by atoms with van der Waals surface area (Å²) in [6.45, 7) is 31.5. The highest BCUT2D eigenvalue weighted by molar-refractivity contribution is 4.66. The first kappa shape index (κ1) is 54.5. The van der Waals surface area contributed by atoms with Crippen LogP contribution in [-0.2, 0) is 14.2 Å². The Morgan fingerprint density at radius 2 is 1.02 bits per heavy atom. The van der Waals surface area contributed by atoms with Gasteiger partial charge in [0, 0.05) is 53.4 Å². The van der Waals surface area contributed by atoms with Crippen LogP contribution < -0.4 is 0 Å². The molecule has 296 valence electrons. The van der Waals surface area contributed by atoms with Crippen LogP contribution in [0.2, 0.25) is 0 Å². The van der Waals surface area contributed by atoms with E-state index < -0.39 is 0 Å². The van der Waals surface area contributed by atoms with Gasteiger partial charge in [0.25, 0.3) is 0 Å². The van der Waals surface area contributed by atoms with E-state index in [1.807, 2.05) is 0 Å². The van der Waals surface area contributed by atoms with Gasteiger partial charge in [0.15, 0.2) is 0 Å². The molecular weight excluding hydrogens is 600 g/mol. The number of hydrogen-bond acceptors (Lipinski definition) is 6. The Balaban J connectivity index is -0.000000244. The molecule has 48 heavy (non-hydrogen) atoms. The number of hydrogen-bond donors (Lipinski definition) is 3. The van der Waals surface area contributed by atoms with Gasteiger partial charge in [-0.2, -0.15) is 0 Å². The summed E-state index contributed by atoms with van der Waals surface area (Å²) in [5.41, 5.74) is 0. The Labute approximate surface area is 302 Å². The van der Waals surface area contributed by atoms with Crippen LogP contribution in [0.4, 0.5) is 0 Å². The normalized spacial score (nSPS) is 16.0. The molecular formula is C42H92O6. The molecule has 2 rings (SSSR count). The summed E-state index contributed by atoms with van der Waals surface area (Å²) >= 11 is 0. The molecule has 0 aromatic rings. The second-order valence-electron chi connectivity index (χ2n) is 16.1. The average molecular weight is 693 g/mol. The third-order valence-corrected chi connectivity index (χ3v) is 8.20. The van der Waals surface area contributed by atoms with Crippen molar-refractivity contribution in [1.29, 1.82) is 0 Å². The zero-order valence-corrected chi connectivity index (χ0v) is 35.0. The molecule has 2 heterocycles. The van der Waals surface area contributed by atoms with Gasteiger partial charge >= 0.3 is 0 Å². The first-order valence-electron chi connectivity index (χ1n) is 20.2. The summed E-state index contributed by atoms with van der Waals surface area (Å²) in [7, 11) is 1.74. The van der Waals surface area contributed by atoms with Crippen molar-refractivity contribution in [2.75, 3.05) is 53.4 Å². The van der Waals surface area contributed by atoms with Gasteiger partial charge < -0.3 is 29.5 Å². The lowest BCUT2D eigenvalue weighted by Crippen LogP contribution is -2.19. The van der Waals surface area contributed by atoms with E-state index in [1.54, 1.807) is 7.11 Å². The fourth-order valence-electron chi connectivity index (χ4n) is 4.86. The van der Waals surface area contributed by atoms with Gasteiger partial charge in [-0.25, -0.2) is 0 Å². The molecule has 3 N–H and O–H groups in total. The fourth-order valence-corrected chi connectivity index (χ4v) is 4.86. The van der Waals surface area contributed by atoms with Crippen molar-refractivity contribution in [3.05, 3.63) is 0 Å². The monoisotopic (exact) mass is 693 g/mol. The third kappa shape index (κ3) is 55.2. The van der Waals surface area contributed by atoms with Crippen LogP contribution in [0.5, 0.6) is 0 Å². The second kappa shape index (κ2) is 42.9. The zero-order chi connectivity index (χ0) is 37.6. The summed E-state index contributed by atoms with van der Waals surface area (Å²) in [6, 6.07) is 0. The highest BCUT2D eigenvalue weighted by Gasteiger charge is 2.16. The molecule has 6 heteroatoms. The van der Waals surface area contributed by atoms with Crippen LogP contribution in [0.3, 0.4) is 0 Å². The third-order valence-electron chi connectivity index (χ3n) is 8.20. The quantitative estimate of drug-likeness (QED) is 0.132. The largest absolute Gasteiger partial charge is 0.396 e. The lowest BCUT2D eigenvalue weighted by Gasteiger charge is -2.24. The summed E-state index contributed by atoms with van der Waals surface area (Å²) in [5.74, 6) is 5.63. The first-order chi connectivity index (χ1) is 22.7. The molecule has 1 atom stereocenters. The van der Waals surface area contributed by atoms with Crippen molar-refractivity contribution in [3.8, 4) is 0 Å². The molecule has 2 aliphatic heterocycles. The Morgan fingerprint density at radius 1 is 0.542 bits per heavy atom. The van der Waals surface area contributed by atoms with Crippen LogP contribution in [-0.4, -0.2) is 74.8 Å². The van der Waals surface area contributed by atoms with Crippen molar-refractivity contribution in [2.45, 2.75) is 179 Å². The molecule has 1 unspecified atom stereocenters. The summed E-state index contributed by atoms with van der Waals surface area (Å²) in [5, 5.41) is 25.0. The highest BCUT2D eigenvalue weighted by Crippen LogP contribution is 2.22. The highest BCUT2D eigenvalue weighted by atomic mass is 16.5. The summed E-state index contributed by atoms with van der Waals surface area (Å²) in [6.07, 6.45) is 17.2. The maximum Gasteiger partial charge on any atom is 0.0578 e. The minimum atomic E-state index is 0.331. The van der Waals surface area contributed by atoms with E-state index >= 15 is 0 Å². The second-order valence-corrected chi connectivity index (χ2v) is 16.1. The lowest BCUT2D eigenvalue weighted by atomic mass is 9.89. The Hall–Kier alpha value is -0.240. The van der Waals surface area contributed by atoms with E-state index in [0.29, 0.717) is 31.8 Å². The Kier molecular flexibility index (Phi) is 48.8. The Bertz CT molecular complexity index is 538. The van der Waals surface area contributed by atoms with E-state index in [4.69, 9.17) is 29.5 Å². The Morgan fingerprint density at radius 3 is 1.31 bits per heavy atom. The number of aliphatic hydroxyl groups excluding tert-OH is 3. The van der Waals surface area contributed by atoms with Crippen LogP contribution in [0.15, 0.2) is 0 Å². The van der Waals surface area contributed by atoms with E-state index in [-0.39, 0.29) is 0 Å². The molecule has 2 aliphatic rings. The van der Waals surface area contributed by atoms with E-state index in [1.165, 1.54) is 70.6 Å². The molecule has 0 amide bonds. The molecule has 0 aliphatic carbocycles. The van der Waals surface area contributed by atoms with Crippen molar-refractivity contribution in [1.82, 2.24) is 0 Å². The van der Waals surface area contributed by atoms with E-state index in [0.717, 1.165) is 81.2 Å². The number of ether oxygens (including phenoxy) is 3. The van der Waals surface area contributed by atoms with Gasteiger partial charge in [0.2, 0.25) is 0 Å². The topological polar surface area (TPSA) is 88.4 Å². The summed E-state index contributed by atoms with van der Waals surface area (Å²) < 4.78 is 15.6. The molecule has 0 aromatic heterocycles. The molecule has 0 spiro atoms. The first-order valence-corrected chi connectivity index (χ1v) is 20.2. The van der Waals surface area contributed by atoms with Crippen LogP contribution >= 0.6 is 0 Å². The number of unbranched alkanes of at least 4 members (excludes halogenated alkanes) is 3. The van der Waals surface area contributed by atoms with Crippen LogP contribution in [0.1, 0.15) is 173 Å². The van der Waals surface area contributed by atoms with Crippen molar-refractivity contribution >= 4 is 0 Å². The maximum absolute atomic E-state index is 8.43. The number of methoxy groups -OCH3 is 1. The van der Waals surface area contributed by atoms with Gasteiger partial charge in [-0.15, -0.1) is 0 Å². The van der Waals surface area contributed by atoms with Gasteiger partial charge in [-0.3, -0.25) is 0 Å². The van der Waals surface area contributed by atoms with Crippen molar-refractivity contribution in [2.24, 2.45) is 41.4 Å². The van der Waals surface area contributed by atoms with Crippen LogP contribution in [0.25, 0.3) is 0 Å². The minimum absolute atomic E-state index is 0.331. The van der Waals surface area contributed by atoms with E-state index in [9.17, 15) is 0 Å². The zero-order valence-electron chi connectivity index (χ0n) is 35.0. The molecule has 0 saturated carbocycles. The fraction of sp³-hybridized carbons (Fsp3) is 1.00.